The van der Waals surface area contributed by atoms with Gasteiger partial charge >= 0.3 is 5.97 Å². The summed E-state index contributed by atoms with van der Waals surface area (Å²) >= 11 is 0. The standard InChI is InChI=1S/C11H14N2O3/c1-12-7-9(14)13-10(11(15)16)8-5-3-2-4-6-8/h2-6,10,12H,7H2,1H3,(H,13,14)(H,15,16). The number of amides is 1. The fraction of sp³-hybridized carbons (Fsp3) is 0.273. The van der Waals surface area contributed by atoms with Crippen molar-refractivity contribution in [3.63, 3.8) is 0 Å². The van der Waals surface area contributed by atoms with Gasteiger partial charge in [0.25, 0.3) is 0 Å². The second kappa shape index (κ2) is 5.87. The van der Waals surface area contributed by atoms with Crippen LogP contribution in [0.3, 0.4) is 0 Å². The summed E-state index contributed by atoms with van der Waals surface area (Å²) in [5.74, 6) is -1.42. The molecular weight excluding hydrogens is 208 g/mol. The van der Waals surface area contributed by atoms with Crippen molar-refractivity contribution < 1.29 is 14.7 Å². The summed E-state index contributed by atoms with van der Waals surface area (Å²) in [5.41, 5.74) is 0.555. The van der Waals surface area contributed by atoms with Crippen LogP contribution in [-0.4, -0.2) is 30.6 Å². The molecule has 86 valence electrons. The van der Waals surface area contributed by atoms with E-state index < -0.39 is 12.0 Å². The monoisotopic (exact) mass is 222 g/mol. The number of carbonyl (C=O) groups is 2. The number of benzene rings is 1. The summed E-state index contributed by atoms with van der Waals surface area (Å²) in [6.07, 6.45) is 0. The number of carboxylic acid groups (broad SMARTS) is 1. The maximum atomic E-state index is 11.3. The third-order valence-electron chi connectivity index (χ3n) is 2.02. The van der Waals surface area contributed by atoms with E-state index in [2.05, 4.69) is 10.6 Å². The highest BCUT2D eigenvalue weighted by Gasteiger charge is 2.20. The molecule has 5 nitrogen and oxygen atoms in total. The van der Waals surface area contributed by atoms with Gasteiger partial charge in [0.2, 0.25) is 5.91 Å². The highest BCUT2D eigenvalue weighted by atomic mass is 16.4. The van der Waals surface area contributed by atoms with Crippen molar-refractivity contribution in [2.75, 3.05) is 13.6 Å². The minimum absolute atomic E-state index is 0.0939. The van der Waals surface area contributed by atoms with Crippen LogP contribution in [0.2, 0.25) is 0 Å². The van der Waals surface area contributed by atoms with Crippen molar-refractivity contribution >= 4 is 11.9 Å². The van der Waals surface area contributed by atoms with Gasteiger partial charge in [-0.15, -0.1) is 0 Å². The lowest BCUT2D eigenvalue weighted by Crippen LogP contribution is -2.38. The SMILES string of the molecule is CNCC(=O)NC(C(=O)O)c1ccccc1. The van der Waals surface area contributed by atoms with E-state index in [1.165, 1.54) is 0 Å². The molecule has 0 aliphatic heterocycles. The zero-order valence-corrected chi connectivity index (χ0v) is 8.93. The molecule has 0 spiro atoms. The average molecular weight is 222 g/mol. The van der Waals surface area contributed by atoms with Crippen LogP contribution >= 0.6 is 0 Å². The predicted octanol–water partition coefficient (Wildman–Crippen LogP) is 0.148. The van der Waals surface area contributed by atoms with Gasteiger partial charge in [-0.3, -0.25) is 4.79 Å². The first-order valence-electron chi connectivity index (χ1n) is 4.87. The highest BCUT2D eigenvalue weighted by Crippen LogP contribution is 2.12. The topological polar surface area (TPSA) is 78.4 Å². The van der Waals surface area contributed by atoms with Crippen LogP contribution < -0.4 is 10.6 Å². The number of nitrogens with one attached hydrogen (secondary N) is 2. The number of carboxylic acids is 1. The molecule has 0 fully saturated rings. The molecule has 0 aliphatic carbocycles. The first kappa shape index (κ1) is 12.2. The summed E-state index contributed by atoms with van der Waals surface area (Å²) in [7, 11) is 1.62. The normalized spacial score (nSPS) is 11.8. The Hall–Kier alpha value is -1.88. The Kier molecular flexibility index (Phi) is 4.47. The third kappa shape index (κ3) is 3.36. The number of rotatable bonds is 5. The second-order valence-electron chi connectivity index (χ2n) is 3.28. The van der Waals surface area contributed by atoms with Gasteiger partial charge in [-0.2, -0.15) is 0 Å². The van der Waals surface area contributed by atoms with Crippen LogP contribution in [-0.2, 0) is 9.59 Å². The molecule has 0 saturated heterocycles. The number of hydrogen-bond acceptors (Lipinski definition) is 3. The second-order valence-corrected chi connectivity index (χ2v) is 3.28. The highest BCUT2D eigenvalue weighted by molar-refractivity contribution is 5.85. The van der Waals surface area contributed by atoms with Crippen LogP contribution in [0.5, 0.6) is 0 Å². The van der Waals surface area contributed by atoms with Crippen LogP contribution in [0.1, 0.15) is 11.6 Å². The molecule has 0 radical (unpaired) electrons. The summed E-state index contributed by atoms with van der Waals surface area (Å²) in [6, 6.07) is 7.58. The molecular formula is C11H14N2O3. The summed E-state index contributed by atoms with van der Waals surface area (Å²) < 4.78 is 0. The molecule has 1 aromatic rings. The van der Waals surface area contributed by atoms with Crippen LogP contribution in [0.15, 0.2) is 30.3 Å². The molecule has 5 heteroatoms. The molecule has 3 N–H and O–H groups in total. The van der Waals surface area contributed by atoms with Gasteiger partial charge in [0, 0.05) is 0 Å². The first-order chi connectivity index (χ1) is 7.65. The lowest BCUT2D eigenvalue weighted by Gasteiger charge is -2.14. The first-order valence-corrected chi connectivity index (χ1v) is 4.87. The van der Waals surface area contributed by atoms with E-state index in [0.29, 0.717) is 5.56 Å². The van der Waals surface area contributed by atoms with Crippen LogP contribution in [0.25, 0.3) is 0 Å². The van der Waals surface area contributed by atoms with Crippen molar-refractivity contribution in [1.29, 1.82) is 0 Å². The van der Waals surface area contributed by atoms with Crippen molar-refractivity contribution in [2.24, 2.45) is 0 Å². The zero-order valence-electron chi connectivity index (χ0n) is 8.93. The zero-order chi connectivity index (χ0) is 12.0. The van der Waals surface area contributed by atoms with Crippen LogP contribution in [0, 0.1) is 0 Å². The Bertz CT molecular complexity index is 365. The van der Waals surface area contributed by atoms with Gasteiger partial charge in [-0.25, -0.2) is 4.79 Å². The van der Waals surface area contributed by atoms with Crippen LogP contribution in [0.4, 0.5) is 0 Å². The van der Waals surface area contributed by atoms with Gasteiger partial charge in [-0.1, -0.05) is 30.3 Å². The van der Waals surface area contributed by atoms with Gasteiger partial charge in [-0.05, 0) is 12.6 Å². The molecule has 0 saturated carbocycles. The Morgan fingerprint density at radius 2 is 1.94 bits per heavy atom. The summed E-state index contributed by atoms with van der Waals surface area (Å²) in [4.78, 5) is 22.3. The van der Waals surface area contributed by atoms with Gasteiger partial charge in [0.05, 0.1) is 6.54 Å². The molecule has 0 bridgehead atoms. The summed E-state index contributed by atoms with van der Waals surface area (Å²) in [6.45, 7) is 0.0939. The van der Waals surface area contributed by atoms with E-state index in [1.54, 1.807) is 37.4 Å². The number of likely N-dealkylation sites (N-methyl/N-ethyl adjacent to an activating group) is 1. The molecule has 1 rings (SSSR count). The smallest absolute Gasteiger partial charge is 0.330 e. The molecule has 1 unspecified atom stereocenters. The Morgan fingerprint density at radius 3 is 2.44 bits per heavy atom. The minimum Gasteiger partial charge on any atom is -0.479 e. The third-order valence-corrected chi connectivity index (χ3v) is 2.02. The van der Waals surface area contributed by atoms with E-state index in [1.807, 2.05) is 0 Å². The molecule has 1 aromatic carbocycles. The van der Waals surface area contributed by atoms with Crippen molar-refractivity contribution in [3.05, 3.63) is 35.9 Å². The lowest BCUT2D eigenvalue weighted by atomic mass is 10.1. The van der Waals surface area contributed by atoms with E-state index in [9.17, 15) is 9.59 Å². The van der Waals surface area contributed by atoms with E-state index in [4.69, 9.17) is 5.11 Å². The fourth-order valence-electron chi connectivity index (χ4n) is 1.31. The number of hydrogen-bond donors (Lipinski definition) is 3. The van der Waals surface area contributed by atoms with Gasteiger partial charge in [0.1, 0.15) is 0 Å². The van der Waals surface area contributed by atoms with Crippen molar-refractivity contribution in [2.45, 2.75) is 6.04 Å². The maximum Gasteiger partial charge on any atom is 0.330 e. The predicted molar refractivity (Wildman–Crippen MR) is 58.9 cm³/mol. The number of carbonyl (C=O) groups excluding carboxylic acids is 1. The van der Waals surface area contributed by atoms with Gasteiger partial charge < -0.3 is 15.7 Å². The molecule has 0 aromatic heterocycles. The van der Waals surface area contributed by atoms with Crippen molar-refractivity contribution in [3.8, 4) is 0 Å². The van der Waals surface area contributed by atoms with Crippen molar-refractivity contribution in [1.82, 2.24) is 10.6 Å². The van der Waals surface area contributed by atoms with E-state index >= 15 is 0 Å². The fourth-order valence-corrected chi connectivity index (χ4v) is 1.31. The quantitative estimate of drug-likeness (QED) is 0.662. The molecule has 1 amide bonds. The lowest BCUT2D eigenvalue weighted by molar-refractivity contribution is -0.141. The largest absolute Gasteiger partial charge is 0.479 e. The van der Waals surface area contributed by atoms with E-state index in [-0.39, 0.29) is 12.5 Å². The minimum atomic E-state index is -1.07. The Balaban J connectivity index is 2.77. The Morgan fingerprint density at radius 1 is 1.31 bits per heavy atom. The van der Waals surface area contributed by atoms with E-state index in [0.717, 1.165) is 0 Å². The molecule has 1 atom stereocenters. The molecule has 16 heavy (non-hydrogen) atoms. The Labute approximate surface area is 93.5 Å². The molecule has 0 heterocycles. The van der Waals surface area contributed by atoms with Gasteiger partial charge in [0.15, 0.2) is 6.04 Å². The average Bonchev–Trinajstić information content (AvgIpc) is 2.27. The number of aliphatic carboxylic acids is 1. The maximum absolute atomic E-state index is 11.3. The summed E-state index contributed by atoms with van der Waals surface area (Å²) in [5, 5.41) is 14.1. The molecule has 0 aliphatic rings.